The minimum absolute atomic E-state index is 0.259. The Morgan fingerprint density at radius 3 is 2.35 bits per heavy atom. The van der Waals surface area contributed by atoms with E-state index in [4.69, 9.17) is 16.3 Å². The van der Waals surface area contributed by atoms with Gasteiger partial charge < -0.3 is 15.4 Å². The van der Waals surface area contributed by atoms with Gasteiger partial charge in [-0.25, -0.2) is 0 Å². The molecule has 3 rings (SSSR count). The van der Waals surface area contributed by atoms with Gasteiger partial charge in [0.1, 0.15) is 5.75 Å². The summed E-state index contributed by atoms with van der Waals surface area (Å²) in [5.41, 5.74) is 1.33. The molecule has 0 atom stereocenters. The van der Waals surface area contributed by atoms with Crippen molar-refractivity contribution in [1.82, 2.24) is 0 Å². The van der Waals surface area contributed by atoms with E-state index >= 15 is 0 Å². The average Bonchev–Trinajstić information content (AvgIpc) is 3.19. The molecular weight excluding hydrogens is 372 g/mol. The molecule has 132 valence electrons. The summed E-state index contributed by atoms with van der Waals surface area (Å²) in [5, 5.41) is 7.62. The summed E-state index contributed by atoms with van der Waals surface area (Å²) in [7, 11) is 1.48. The number of methoxy groups -OCH3 is 1. The maximum atomic E-state index is 12.3. The van der Waals surface area contributed by atoms with Crippen LogP contribution in [0.1, 0.15) is 20.0 Å². The number of halogens is 1. The fourth-order valence-electron chi connectivity index (χ4n) is 2.29. The van der Waals surface area contributed by atoms with Gasteiger partial charge in [0.05, 0.1) is 28.4 Å². The highest BCUT2D eigenvalue weighted by molar-refractivity contribution is 7.12. The van der Waals surface area contributed by atoms with Crippen molar-refractivity contribution in [3.63, 3.8) is 0 Å². The van der Waals surface area contributed by atoms with Gasteiger partial charge >= 0.3 is 0 Å². The van der Waals surface area contributed by atoms with Crippen LogP contribution in [-0.4, -0.2) is 18.9 Å². The van der Waals surface area contributed by atoms with Crippen LogP contribution in [0.2, 0.25) is 5.02 Å². The lowest BCUT2D eigenvalue weighted by atomic mass is 10.2. The molecule has 1 aromatic heterocycles. The molecule has 0 aliphatic rings. The second kappa shape index (κ2) is 8.03. The maximum Gasteiger partial charge on any atom is 0.265 e. The zero-order valence-electron chi connectivity index (χ0n) is 13.8. The number of benzene rings is 2. The summed E-state index contributed by atoms with van der Waals surface area (Å²) < 4.78 is 5.33. The van der Waals surface area contributed by atoms with Crippen LogP contribution in [0, 0.1) is 0 Å². The molecule has 0 unspecified atom stereocenters. The smallest absolute Gasteiger partial charge is 0.265 e. The number of nitrogens with one attached hydrogen (secondary N) is 2. The fourth-order valence-corrected chi connectivity index (χ4v) is 3.12. The van der Waals surface area contributed by atoms with E-state index in [1.807, 2.05) is 11.4 Å². The van der Waals surface area contributed by atoms with Gasteiger partial charge in [0.15, 0.2) is 0 Å². The van der Waals surface area contributed by atoms with Crippen LogP contribution in [0.15, 0.2) is 60.0 Å². The SMILES string of the molecule is COc1cc(NC(=O)c2cccs2)c(Cl)cc1NC(=O)c1ccccc1. The first-order chi connectivity index (χ1) is 12.6. The summed E-state index contributed by atoms with van der Waals surface area (Å²) in [4.78, 5) is 25.1. The summed E-state index contributed by atoms with van der Waals surface area (Å²) in [6, 6.07) is 15.4. The molecule has 0 bridgehead atoms. The molecule has 5 nitrogen and oxygen atoms in total. The van der Waals surface area contributed by atoms with Crippen molar-refractivity contribution in [2.45, 2.75) is 0 Å². The fraction of sp³-hybridized carbons (Fsp3) is 0.0526. The molecule has 0 saturated heterocycles. The molecule has 0 fully saturated rings. The van der Waals surface area contributed by atoms with Gasteiger partial charge in [-0.2, -0.15) is 0 Å². The predicted molar refractivity (Wildman–Crippen MR) is 105 cm³/mol. The molecule has 0 saturated carbocycles. The van der Waals surface area contributed by atoms with Gasteiger partial charge in [0, 0.05) is 11.6 Å². The van der Waals surface area contributed by atoms with Crippen LogP contribution in [0.5, 0.6) is 5.75 Å². The molecule has 26 heavy (non-hydrogen) atoms. The first-order valence-corrected chi connectivity index (χ1v) is 8.93. The number of hydrogen-bond acceptors (Lipinski definition) is 4. The highest BCUT2D eigenvalue weighted by atomic mass is 35.5. The summed E-state index contributed by atoms with van der Waals surface area (Å²) >= 11 is 7.61. The number of rotatable bonds is 5. The van der Waals surface area contributed by atoms with Gasteiger partial charge in [-0.3, -0.25) is 9.59 Å². The van der Waals surface area contributed by atoms with Crippen LogP contribution in [0.4, 0.5) is 11.4 Å². The first kappa shape index (κ1) is 18.0. The van der Waals surface area contributed by atoms with Crippen molar-refractivity contribution in [2.24, 2.45) is 0 Å². The summed E-state index contributed by atoms with van der Waals surface area (Å²) in [5.74, 6) is -0.152. The minimum atomic E-state index is -0.282. The number of carbonyl (C=O) groups excluding carboxylic acids is 2. The van der Waals surface area contributed by atoms with Crippen LogP contribution >= 0.6 is 22.9 Å². The Kier molecular flexibility index (Phi) is 5.55. The standard InChI is InChI=1S/C19H15ClN2O3S/c1-25-16-11-14(21-19(24)17-8-5-9-26-17)13(20)10-15(16)22-18(23)12-6-3-2-4-7-12/h2-11H,1H3,(H,21,24)(H,22,23). The van der Waals surface area contributed by atoms with Crippen molar-refractivity contribution in [3.05, 3.63) is 75.4 Å². The molecule has 0 aliphatic heterocycles. The van der Waals surface area contributed by atoms with Crippen LogP contribution in [-0.2, 0) is 0 Å². The highest BCUT2D eigenvalue weighted by Crippen LogP contribution is 2.35. The van der Waals surface area contributed by atoms with E-state index in [-0.39, 0.29) is 11.8 Å². The molecular formula is C19H15ClN2O3S. The lowest BCUT2D eigenvalue weighted by Gasteiger charge is -2.14. The van der Waals surface area contributed by atoms with Crippen LogP contribution < -0.4 is 15.4 Å². The van der Waals surface area contributed by atoms with Gasteiger partial charge in [0.2, 0.25) is 0 Å². The summed E-state index contributed by atoms with van der Waals surface area (Å²) in [6.07, 6.45) is 0. The Balaban J connectivity index is 1.83. The molecule has 0 radical (unpaired) electrons. The predicted octanol–water partition coefficient (Wildman–Crippen LogP) is 4.91. The van der Waals surface area contributed by atoms with E-state index in [9.17, 15) is 9.59 Å². The quantitative estimate of drug-likeness (QED) is 0.654. The zero-order valence-corrected chi connectivity index (χ0v) is 15.4. The highest BCUT2D eigenvalue weighted by Gasteiger charge is 2.15. The van der Waals surface area contributed by atoms with Crippen LogP contribution in [0.25, 0.3) is 0 Å². The van der Waals surface area contributed by atoms with Crippen LogP contribution in [0.3, 0.4) is 0 Å². The van der Waals surface area contributed by atoms with Crippen molar-refractivity contribution in [1.29, 1.82) is 0 Å². The first-order valence-electron chi connectivity index (χ1n) is 7.67. The van der Waals surface area contributed by atoms with Crippen molar-refractivity contribution in [2.75, 3.05) is 17.7 Å². The van der Waals surface area contributed by atoms with E-state index in [0.717, 1.165) is 0 Å². The number of anilines is 2. The Bertz CT molecular complexity index is 927. The third-order valence-electron chi connectivity index (χ3n) is 3.57. The number of ether oxygens (including phenoxy) is 1. The third-order valence-corrected chi connectivity index (χ3v) is 4.75. The van der Waals surface area contributed by atoms with Gasteiger partial charge in [-0.1, -0.05) is 35.9 Å². The lowest BCUT2D eigenvalue weighted by molar-refractivity contribution is 0.101. The molecule has 7 heteroatoms. The van der Waals surface area contributed by atoms with E-state index in [1.54, 1.807) is 48.5 Å². The maximum absolute atomic E-state index is 12.3. The molecule has 2 N–H and O–H groups in total. The Morgan fingerprint density at radius 2 is 1.69 bits per heavy atom. The van der Waals surface area contributed by atoms with Crippen molar-refractivity contribution >= 4 is 46.1 Å². The number of carbonyl (C=O) groups is 2. The van der Waals surface area contributed by atoms with E-state index in [0.29, 0.717) is 32.6 Å². The number of amides is 2. The minimum Gasteiger partial charge on any atom is -0.494 e. The Labute approximate surface area is 159 Å². The second-order valence-electron chi connectivity index (χ2n) is 5.28. The van der Waals surface area contributed by atoms with Crippen molar-refractivity contribution in [3.8, 4) is 5.75 Å². The van der Waals surface area contributed by atoms with E-state index in [2.05, 4.69) is 10.6 Å². The molecule has 0 spiro atoms. The molecule has 3 aromatic rings. The molecule has 2 amide bonds. The Morgan fingerprint density at radius 1 is 0.962 bits per heavy atom. The zero-order chi connectivity index (χ0) is 18.5. The van der Waals surface area contributed by atoms with E-state index < -0.39 is 0 Å². The number of hydrogen-bond donors (Lipinski definition) is 2. The summed E-state index contributed by atoms with van der Waals surface area (Å²) in [6.45, 7) is 0. The molecule has 0 aliphatic carbocycles. The normalized spacial score (nSPS) is 10.2. The number of thiophene rings is 1. The molecule has 2 aromatic carbocycles. The Hall–Kier alpha value is -2.83. The van der Waals surface area contributed by atoms with Gasteiger partial charge in [-0.15, -0.1) is 11.3 Å². The van der Waals surface area contributed by atoms with Gasteiger partial charge in [0.25, 0.3) is 11.8 Å². The third kappa shape index (κ3) is 4.04. The second-order valence-corrected chi connectivity index (χ2v) is 6.64. The molecule has 1 heterocycles. The topological polar surface area (TPSA) is 67.4 Å². The largest absolute Gasteiger partial charge is 0.494 e. The monoisotopic (exact) mass is 386 g/mol. The van der Waals surface area contributed by atoms with E-state index in [1.165, 1.54) is 18.4 Å². The van der Waals surface area contributed by atoms with Gasteiger partial charge in [-0.05, 0) is 29.6 Å². The average molecular weight is 387 g/mol. The van der Waals surface area contributed by atoms with Crippen molar-refractivity contribution < 1.29 is 14.3 Å². The lowest BCUT2D eigenvalue weighted by Crippen LogP contribution is -2.14.